The third-order valence-corrected chi connectivity index (χ3v) is 8.58. The van der Waals surface area contributed by atoms with Gasteiger partial charge in [-0.05, 0) is 96.8 Å². The summed E-state index contributed by atoms with van der Waals surface area (Å²) >= 11 is 0. The molecule has 0 saturated carbocycles. The number of hydrogen-bond acceptors (Lipinski definition) is 7. The molecule has 4 rings (SSSR count). The number of aromatic nitrogens is 4. The summed E-state index contributed by atoms with van der Waals surface area (Å²) in [5, 5.41) is 0.950. The highest BCUT2D eigenvalue weighted by Crippen LogP contribution is 2.12. The first-order valence-corrected chi connectivity index (χ1v) is 17.6. The number of carbonyl (C=O) groups is 1. The van der Waals surface area contributed by atoms with Crippen LogP contribution in [0.4, 0.5) is 4.79 Å². The third kappa shape index (κ3) is 10.8. The summed E-state index contributed by atoms with van der Waals surface area (Å²) < 4.78 is 8.16. The highest BCUT2D eigenvalue weighted by atomic mass is 16.6. The predicted molar refractivity (Wildman–Crippen MR) is 195 cm³/mol. The maximum absolute atomic E-state index is 13.2. The number of hydrogen-bond donors (Lipinski definition) is 2. The molecule has 0 aliphatic heterocycles. The van der Waals surface area contributed by atoms with Crippen LogP contribution in [-0.4, -0.2) is 73.3 Å². The van der Waals surface area contributed by atoms with Gasteiger partial charge in [-0.2, -0.15) is 0 Å². The summed E-state index contributed by atoms with van der Waals surface area (Å²) in [6.07, 6.45) is 6.78. The fourth-order valence-corrected chi connectivity index (χ4v) is 6.03. The number of amides is 1. The number of ether oxygens (including phenoxy) is 1. The molecule has 0 bridgehead atoms. The molecule has 0 aliphatic carbocycles. The number of carbonyl (C=O) groups excluding carboxylic acids is 1. The summed E-state index contributed by atoms with van der Waals surface area (Å²) in [4.78, 5) is 74.0. The first-order chi connectivity index (χ1) is 23.5. The van der Waals surface area contributed by atoms with Crippen LogP contribution < -0.4 is 22.5 Å². The Morgan fingerprint density at radius 2 is 1.10 bits per heavy atom. The monoisotopic (exact) mass is 676 g/mol. The van der Waals surface area contributed by atoms with Gasteiger partial charge in [0.25, 0.3) is 11.1 Å². The molecule has 49 heavy (non-hydrogen) atoms. The lowest BCUT2D eigenvalue weighted by Crippen LogP contribution is -2.40. The molecule has 12 heteroatoms. The van der Waals surface area contributed by atoms with E-state index in [-0.39, 0.29) is 17.7 Å². The molecule has 1 amide bonds. The van der Waals surface area contributed by atoms with Gasteiger partial charge in [0, 0.05) is 26.2 Å². The van der Waals surface area contributed by atoms with Crippen LogP contribution in [0.15, 0.2) is 67.7 Å². The zero-order valence-corrected chi connectivity index (χ0v) is 29.5. The second-order valence-electron chi connectivity index (χ2n) is 13.6. The van der Waals surface area contributed by atoms with Crippen LogP contribution in [-0.2, 0) is 17.8 Å². The zero-order valence-electron chi connectivity index (χ0n) is 29.5. The van der Waals surface area contributed by atoms with Gasteiger partial charge in [0.2, 0.25) is 0 Å². The zero-order chi connectivity index (χ0) is 35.4. The second kappa shape index (κ2) is 17.8. The van der Waals surface area contributed by atoms with E-state index >= 15 is 0 Å². The predicted octanol–water partition coefficient (Wildman–Crippen LogP) is 5.07. The number of unbranched alkanes of at least 4 members (excludes halogenated alkanes) is 4. The van der Waals surface area contributed by atoms with Crippen LogP contribution in [0.1, 0.15) is 79.1 Å². The minimum absolute atomic E-state index is 0.174. The van der Waals surface area contributed by atoms with Crippen molar-refractivity contribution in [3.05, 3.63) is 90.2 Å². The first kappa shape index (κ1) is 37.4. The Morgan fingerprint density at radius 1 is 0.653 bits per heavy atom. The van der Waals surface area contributed by atoms with E-state index < -0.39 is 23.1 Å². The van der Waals surface area contributed by atoms with Gasteiger partial charge in [0.1, 0.15) is 5.60 Å². The van der Waals surface area contributed by atoms with Gasteiger partial charge < -0.3 is 24.5 Å². The van der Waals surface area contributed by atoms with Gasteiger partial charge >= 0.3 is 17.5 Å². The Labute approximate surface area is 286 Å². The Morgan fingerprint density at radius 3 is 1.63 bits per heavy atom. The van der Waals surface area contributed by atoms with Crippen molar-refractivity contribution in [3.63, 3.8) is 0 Å². The lowest BCUT2D eigenvalue weighted by molar-refractivity contribution is 0.0241. The van der Waals surface area contributed by atoms with Crippen molar-refractivity contribution < 1.29 is 9.53 Å². The van der Waals surface area contributed by atoms with E-state index in [9.17, 15) is 24.0 Å². The topological polar surface area (TPSA) is 142 Å². The third-order valence-electron chi connectivity index (χ3n) is 8.58. The van der Waals surface area contributed by atoms with E-state index in [4.69, 9.17) is 4.74 Å². The molecule has 0 radical (unpaired) electrons. The van der Waals surface area contributed by atoms with Crippen LogP contribution in [0.3, 0.4) is 0 Å². The van der Waals surface area contributed by atoms with Gasteiger partial charge in [-0.3, -0.25) is 18.7 Å². The smallest absolute Gasteiger partial charge is 0.410 e. The highest BCUT2D eigenvalue weighted by molar-refractivity contribution is 5.77. The quantitative estimate of drug-likeness (QED) is 0.140. The normalized spacial score (nSPS) is 11.9. The molecule has 266 valence electrons. The van der Waals surface area contributed by atoms with Gasteiger partial charge in [0.15, 0.2) is 0 Å². The molecule has 2 heterocycles. The maximum Gasteiger partial charge on any atom is 0.410 e. The van der Waals surface area contributed by atoms with Crippen LogP contribution in [0.5, 0.6) is 0 Å². The Kier molecular flexibility index (Phi) is 13.6. The van der Waals surface area contributed by atoms with Crippen molar-refractivity contribution in [2.75, 3.05) is 32.7 Å². The lowest BCUT2D eigenvalue weighted by Gasteiger charge is -2.28. The fourth-order valence-electron chi connectivity index (χ4n) is 6.03. The molecule has 12 nitrogen and oxygen atoms in total. The SMILES string of the molecule is CCCCCCN(CCCCN(CCCn1c(=O)[nH]c2ccccc2c1=O)C(=O)OC(C)(C)C)CCCn1c(=O)[nH]c2ccccc2c1=O. The molecule has 2 aromatic carbocycles. The van der Waals surface area contributed by atoms with E-state index in [0.717, 1.165) is 51.7 Å². The molecule has 0 atom stereocenters. The summed E-state index contributed by atoms with van der Waals surface area (Å²) in [5.74, 6) is 0. The van der Waals surface area contributed by atoms with E-state index in [1.54, 1.807) is 53.4 Å². The van der Waals surface area contributed by atoms with Crippen LogP contribution in [0.25, 0.3) is 21.8 Å². The van der Waals surface area contributed by atoms with Crippen molar-refractivity contribution in [1.82, 2.24) is 28.9 Å². The number of nitrogens with zero attached hydrogens (tertiary/aromatic N) is 4. The Bertz CT molecular complexity index is 1920. The standard InChI is InChI=1S/C37H52N6O6/c1-5-6-7-12-21-40(23-15-26-42-32(44)28-17-8-10-19-30(28)38-34(42)46)22-13-14-24-41(36(48)49-37(2,3)4)25-16-27-43-33(45)29-18-9-11-20-31(29)39-35(43)47/h8-11,17-20H,5-7,12-16,21-27H2,1-4H3,(H,38,46)(H,39,47). The number of rotatable bonds is 18. The van der Waals surface area contributed by atoms with E-state index in [1.807, 2.05) is 20.8 Å². The van der Waals surface area contributed by atoms with E-state index in [0.29, 0.717) is 54.3 Å². The van der Waals surface area contributed by atoms with Crippen molar-refractivity contribution >= 4 is 27.9 Å². The first-order valence-electron chi connectivity index (χ1n) is 17.6. The molecule has 0 fully saturated rings. The van der Waals surface area contributed by atoms with Crippen LogP contribution in [0.2, 0.25) is 0 Å². The molecule has 0 saturated heterocycles. The van der Waals surface area contributed by atoms with Gasteiger partial charge in [0.05, 0.1) is 21.8 Å². The second-order valence-corrected chi connectivity index (χ2v) is 13.6. The Balaban J connectivity index is 1.34. The summed E-state index contributed by atoms with van der Waals surface area (Å²) in [6.45, 7) is 11.5. The van der Waals surface area contributed by atoms with Crippen molar-refractivity contribution in [2.45, 2.75) is 97.8 Å². The van der Waals surface area contributed by atoms with E-state index in [2.05, 4.69) is 21.8 Å². The van der Waals surface area contributed by atoms with Gasteiger partial charge in [-0.15, -0.1) is 0 Å². The summed E-state index contributed by atoms with van der Waals surface area (Å²) in [7, 11) is 0. The Hall–Kier alpha value is -4.45. The molecular weight excluding hydrogens is 624 g/mol. The highest BCUT2D eigenvalue weighted by Gasteiger charge is 2.22. The molecule has 2 N–H and O–H groups in total. The molecule has 2 aromatic heterocycles. The summed E-state index contributed by atoms with van der Waals surface area (Å²) in [5.41, 5.74) is -1.10. The number of H-pyrrole nitrogens is 2. The number of benzene rings is 2. The van der Waals surface area contributed by atoms with Crippen LogP contribution in [0, 0.1) is 0 Å². The number of aromatic amines is 2. The summed E-state index contributed by atoms with van der Waals surface area (Å²) in [6, 6.07) is 14.0. The van der Waals surface area contributed by atoms with Crippen molar-refractivity contribution in [1.29, 1.82) is 0 Å². The fraction of sp³-hybridized carbons (Fsp3) is 0.541. The molecule has 0 spiro atoms. The molecule has 4 aromatic rings. The van der Waals surface area contributed by atoms with E-state index in [1.165, 1.54) is 15.6 Å². The van der Waals surface area contributed by atoms with Gasteiger partial charge in [-0.1, -0.05) is 50.5 Å². The number of nitrogens with one attached hydrogen (secondary N) is 2. The molecular formula is C37H52N6O6. The minimum Gasteiger partial charge on any atom is -0.444 e. The van der Waals surface area contributed by atoms with Gasteiger partial charge in [-0.25, -0.2) is 14.4 Å². The average Bonchev–Trinajstić information content (AvgIpc) is 3.05. The minimum atomic E-state index is -0.661. The lowest BCUT2D eigenvalue weighted by atomic mass is 10.2. The maximum atomic E-state index is 13.2. The molecule has 0 aliphatic rings. The van der Waals surface area contributed by atoms with Crippen molar-refractivity contribution in [3.8, 4) is 0 Å². The van der Waals surface area contributed by atoms with Crippen LogP contribution >= 0.6 is 0 Å². The average molecular weight is 677 g/mol. The molecule has 0 unspecified atom stereocenters. The number of para-hydroxylation sites is 2. The largest absolute Gasteiger partial charge is 0.444 e. The van der Waals surface area contributed by atoms with Crippen molar-refractivity contribution in [2.24, 2.45) is 0 Å². The number of fused-ring (bicyclic) bond motifs is 2.